The minimum Gasteiger partial charge on any atom is -0.455 e. The smallest absolute Gasteiger partial charge is 0.170 e. The maximum Gasteiger partial charge on any atom is 0.170 e. The van der Waals surface area contributed by atoms with Crippen molar-refractivity contribution in [1.82, 2.24) is 0 Å². The van der Waals surface area contributed by atoms with E-state index in [2.05, 4.69) is 0 Å². The molecule has 3 rings (SSSR count). The Morgan fingerprint density at radius 3 is 2.60 bits per heavy atom. The minimum atomic E-state index is -1.19. The van der Waals surface area contributed by atoms with E-state index in [-0.39, 0.29) is 16.4 Å². The number of hydrogen-bond acceptors (Lipinski definition) is 2. The van der Waals surface area contributed by atoms with E-state index in [0.717, 1.165) is 6.07 Å². The van der Waals surface area contributed by atoms with E-state index >= 15 is 0 Å². The van der Waals surface area contributed by atoms with Crippen molar-refractivity contribution < 1.29 is 18.3 Å². The van der Waals surface area contributed by atoms with Crippen LogP contribution in [0.1, 0.15) is 17.4 Å². The zero-order chi connectivity index (χ0) is 14.3. The Balaban J connectivity index is 2.08. The standard InChI is InChI=1S/C15H9ClF2O2/c16-11-7-9(17)4-5-10(11)14(19)13-6-8-2-1-3-12(18)15(8)20-13/h1-7,14,19H. The molecule has 5 heteroatoms. The second-order valence-electron chi connectivity index (χ2n) is 4.38. The molecule has 0 aliphatic carbocycles. The van der Waals surface area contributed by atoms with Crippen LogP contribution in [0, 0.1) is 11.6 Å². The van der Waals surface area contributed by atoms with Crippen LogP contribution in [-0.4, -0.2) is 5.11 Å². The molecule has 0 fully saturated rings. The number of benzene rings is 2. The maximum absolute atomic E-state index is 13.5. The summed E-state index contributed by atoms with van der Waals surface area (Å²) < 4.78 is 31.9. The molecule has 102 valence electrons. The first-order chi connectivity index (χ1) is 9.56. The number of aliphatic hydroxyl groups excluding tert-OH is 1. The van der Waals surface area contributed by atoms with Gasteiger partial charge in [0.1, 0.15) is 17.7 Å². The molecule has 1 N–H and O–H groups in total. The Labute approximate surface area is 118 Å². The van der Waals surface area contributed by atoms with Crippen molar-refractivity contribution in [1.29, 1.82) is 0 Å². The SMILES string of the molecule is OC(c1cc2cccc(F)c2o1)c1ccc(F)cc1Cl. The van der Waals surface area contributed by atoms with Crippen LogP contribution in [-0.2, 0) is 0 Å². The molecule has 20 heavy (non-hydrogen) atoms. The summed E-state index contributed by atoms with van der Waals surface area (Å²) in [5.41, 5.74) is 0.368. The van der Waals surface area contributed by atoms with Gasteiger partial charge in [-0.1, -0.05) is 29.8 Å². The molecule has 1 heterocycles. The van der Waals surface area contributed by atoms with E-state index in [1.165, 1.54) is 24.3 Å². The Kier molecular flexibility index (Phi) is 3.20. The van der Waals surface area contributed by atoms with Crippen LogP contribution in [0.15, 0.2) is 46.9 Å². The first-order valence-corrected chi connectivity index (χ1v) is 6.25. The quantitative estimate of drug-likeness (QED) is 0.757. The summed E-state index contributed by atoms with van der Waals surface area (Å²) in [4.78, 5) is 0. The maximum atomic E-state index is 13.5. The lowest BCUT2D eigenvalue weighted by Crippen LogP contribution is -1.99. The second-order valence-corrected chi connectivity index (χ2v) is 4.78. The molecule has 0 saturated heterocycles. The van der Waals surface area contributed by atoms with Crippen molar-refractivity contribution in [2.75, 3.05) is 0 Å². The lowest BCUT2D eigenvalue weighted by molar-refractivity contribution is 0.192. The summed E-state index contributed by atoms with van der Waals surface area (Å²) in [5, 5.41) is 10.9. The fourth-order valence-corrected chi connectivity index (χ4v) is 2.33. The van der Waals surface area contributed by atoms with Gasteiger partial charge in [-0.05, 0) is 24.3 Å². The van der Waals surface area contributed by atoms with Gasteiger partial charge < -0.3 is 9.52 Å². The first kappa shape index (κ1) is 13.1. The van der Waals surface area contributed by atoms with E-state index in [1.54, 1.807) is 12.1 Å². The highest BCUT2D eigenvalue weighted by molar-refractivity contribution is 6.31. The van der Waals surface area contributed by atoms with E-state index in [1.807, 2.05) is 0 Å². The lowest BCUT2D eigenvalue weighted by Gasteiger charge is -2.09. The van der Waals surface area contributed by atoms with Gasteiger partial charge in [0.05, 0.1) is 0 Å². The Morgan fingerprint density at radius 1 is 1.10 bits per heavy atom. The molecular weight excluding hydrogens is 286 g/mol. The van der Waals surface area contributed by atoms with Gasteiger partial charge in [0.25, 0.3) is 0 Å². The summed E-state index contributed by atoms with van der Waals surface area (Å²) in [6.45, 7) is 0. The number of rotatable bonds is 2. The zero-order valence-corrected chi connectivity index (χ0v) is 10.9. The van der Waals surface area contributed by atoms with Crippen LogP contribution in [0.5, 0.6) is 0 Å². The largest absolute Gasteiger partial charge is 0.455 e. The molecule has 2 nitrogen and oxygen atoms in total. The highest BCUT2D eigenvalue weighted by Gasteiger charge is 2.19. The van der Waals surface area contributed by atoms with Crippen molar-refractivity contribution in [3.63, 3.8) is 0 Å². The molecule has 3 aromatic rings. The third kappa shape index (κ3) is 2.17. The Hall–Kier alpha value is -1.91. The fraction of sp³-hybridized carbons (Fsp3) is 0.0667. The van der Waals surface area contributed by atoms with Gasteiger partial charge in [0.2, 0.25) is 0 Å². The molecule has 1 aromatic heterocycles. The van der Waals surface area contributed by atoms with Crippen LogP contribution >= 0.6 is 11.6 Å². The van der Waals surface area contributed by atoms with Crippen LogP contribution < -0.4 is 0 Å². The van der Waals surface area contributed by atoms with Gasteiger partial charge in [-0.2, -0.15) is 0 Å². The number of hydrogen-bond donors (Lipinski definition) is 1. The average molecular weight is 295 g/mol. The summed E-state index contributed by atoms with van der Waals surface area (Å²) >= 11 is 5.89. The average Bonchev–Trinajstić information content (AvgIpc) is 2.83. The number of fused-ring (bicyclic) bond motifs is 1. The van der Waals surface area contributed by atoms with E-state index < -0.39 is 17.7 Å². The molecule has 0 aliphatic heterocycles. The number of halogens is 3. The van der Waals surface area contributed by atoms with Gasteiger partial charge in [0.15, 0.2) is 11.4 Å². The van der Waals surface area contributed by atoms with E-state index in [0.29, 0.717) is 10.9 Å². The molecule has 0 radical (unpaired) electrons. The molecular formula is C15H9ClF2O2. The molecule has 0 bridgehead atoms. The molecule has 1 atom stereocenters. The van der Waals surface area contributed by atoms with Crippen molar-refractivity contribution in [3.05, 3.63) is 70.4 Å². The van der Waals surface area contributed by atoms with Crippen LogP contribution in [0.3, 0.4) is 0 Å². The van der Waals surface area contributed by atoms with Gasteiger partial charge in [0, 0.05) is 16.0 Å². The predicted molar refractivity (Wildman–Crippen MR) is 71.6 cm³/mol. The molecule has 2 aromatic carbocycles. The summed E-state index contributed by atoms with van der Waals surface area (Å²) in [5.74, 6) is -0.855. The van der Waals surface area contributed by atoms with Crippen molar-refractivity contribution in [3.8, 4) is 0 Å². The van der Waals surface area contributed by atoms with E-state index in [9.17, 15) is 13.9 Å². The summed E-state index contributed by atoms with van der Waals surface area (Å²) in [6.07, 6.45) is -1.19. The molecule has 0 saturated carbocycles. The van der Waals surface area contributed by atoms with Gasteiger partial charge in [-0.3, -0.25) is 0 Å². The molecule has 0 spiro atoms. The second kappa shape index (κ2) is 4.89. The van der Waals surface area contributed by atoms with Crippen LogP contribution in [0.25, 0.3) is 11.0 Å². The van der Waals surface area contributed by atoms with Crippen molar-refractivity contribution in [2.45, 2.75) is 6.10 Å². The normalized spacial score (nSPS) is 12.8. The molecule has 0 amide bonds. The number of furan rings is 1. The number of aliphatic hydroxyl groups is 1. The molecule has 1 unspecified atom stereocenters. The Morgan fingerprint density at radius 2 is 1.90 bits per heavy atom. The Bertz CT molecular complexity index is 783. The van der Waals surface area contributed by atoms with Gasteiger partial charge in [-0.15, -0.1) is 0 Å². The number of para-hydroxylation sites is 1. The zero-order valence-electron chi connectivity index (χ0n) is 10.1. The summed E-state index contributed by atoms with van der Waals surface area (Å²) in [7, 11) is 0. The highest BCUT2D eigenvalue weighted by atomic mass is 35.5. The topological polar surface area (TPSA) is 33.4 Å². The predicted octanol–water partition coefficient (Wildman–Crippen LogP) is 4.45. The monoisotopic (exact) mass is 294 g/mol. The first-order valence-electron chi connectivity index (χ1n) is 5.87. The van der Waals surface area contributed by atoms with Crippen molar-refractivity contribution >= 4 is 22.6 Å². The molecule has 0 aliphatic rings. The van der Waals surface area contributed by atoms with E-state index in [4.69, 9.17) is 16.0 Å². The third-order valence-electron chi connectivity index (χ3n) is 3.04. The third-order valence-corrected chi connectivity index (χ3v) is 3.37. The summed E-state index contributed by atoms with van der Waals surface area (Å²) in [6, 6.07) is 9.68. The van der Waals surface area contributed by atoms with Gasteiger partial charge in [-0.25, -0.2) is 8.78 Å². The highest BCUT2D eigenvalue weighted by Crippen LogP contribution is 2.32. The van der Waals surface area contributed by atoms with Crippen molar-refractivity contribution in [2.24, 2.45) is 0 Å². The fourth-order valence-electron chi connectivity index (χ4n) is 2.06. The van der Waals surface area contributed by atoms with Crippen LogP contribution in [0.2, 0.25) is 5.02 Å². The minimum absolute atomic E-state index is 0.0692. The van der Waals surface area contributed by atoms with Gasteiger partial charge >= 0.3 is 0 Å². The van der Waals surface area contributed by atoms with Crippen LogP contribution in [0.4, 0.5) is 8.78 Å². The lowest BCUT2D eigenvalue weighted by atomic mass is 10.1.